The molecular formula is C23H21NO3. The Kier molecular flexibility index (Phi) is 4.32. The van der Waals surface area contributed by atoms with Crippen LogP contribution >= 0.6 is 0 Å². The monoisotopic (exact) mass is 359 g/mol. The van der Waals surface area contributed by atoms with Crippen LogP contribution in [-0.2, 0) is 6.54 Å². The Balaban J connectivity index is 2.04. The minimum absolute atomic E-state index is 0.0158. The van der Waals surface area contributed by atoms with E-state index in [2.05, 4.69) is 35.8 Å². The number of rotatable bonds is 4. The van der Waals surface area contributed by atoms with E-state index in [0.29, 0.717) is 28.8 Å². The third-order valence-electron chi connectivity index (χ3n) is 4.94. The Hall–Kier alpha value is -3.27. The summed E-state index contributed by atoms with van der Waals surface area (Å²) in [6, 6.07) is 19.8. The molecular weight excluding hydrogens is 338 g/mol. The van der Waals surface area contributed by atoms with E-state index in [1.807, 2.05) is 36.4 Å². The van der Waals surface area contributed by atoms with Crippen molar-refractivity contribution in [2.24, 2.45) is 0 Å². The molecule has 0 saturated heterocycles. The average Bonchev–Trinajstić information content (AvgIpc) is 2.71. The summed E-state index contributed by atoms with van der Waals surface area (Å²) >= 11 is 0. The zero-order valence-electron chi connectivity index (χ0n) is 15.7. The highest BCUT2D eigenvalue weighted by atomic mass is 16.5. The minimum Gasteiger partial charge on any atom is -0.497 e. The van der Waals surface area contributed by atoms with Gasteiger partial charge in [0.1, 0.15) is 11.5 Å². The van der Waals surface area contributed by atoms with Gasteiger partial charge < -0.3 is 14.0 Å². The second kappa shape index (κ2) is 6.80. The second-order valence-corrected chi connectivity index (χ2v) is 6.67. The highest BCUT2D eigenvalue weighted by molar-refractivity contribution is 5.94. The van der Waals surface area contributed by atoms with E-state index in [1.165, 1.54) is 11.1 Å². The van der Waals surface area contributed by atoms with Crippen molar-refractivity contribution in [3.63, 3.8) is 0 Å². The summed E-state index contributed by atoms with van der Waals surface area (Å²) in [7, 11) is 3.21. The largest absolute Gasteiger partial charge is 0.497 e. The first-order chi connectivity index (χ1) is 13.1. The third kappa shape index (κ3) is 3.04. The molecule has 0 amide bonds. The van der Waals surface area contributed by atoms with Crippen molar-refractivity contribution >= 4 is 21.8 Å². The molecule has 0 radical (unpaired) electrons. The van der Waals surface area contributed by atoms with E-state index in [9.17, 15) is 4.79 Å². The van der Waals surface area contributed by atoms with Crippen LogP contribution in [0.2, 0.25) is 0 Å². The predicted molar refractivity (Wildman–Crippen MR) is 109 cm³/mol. The van der Waals surface area contributed by atoms with Crippen LogP contribution in [0.15, 0.2) is 65.5 Å². The van der Waals surface area contributed by atoms with Gasteiger partial charge in [-0.15, -0.1) is 0 Å². The Labute approximate surface area is 157 Å². The Morgan fingerprint density at radius 3 is 1.78 bits per heavy atom. The predicted octanol–water partition coefficient (Wildman–Crippen LogP) is 4.53. The number of aryl methyl sites for hydroxylation is 1. The van der Waals surface area contributed by atoms with E-state index in [-0.39, 0.29) is 5.43 Å². The lowest BCUT2D eigenvalue weighted by molar-refractivity contribution is 0.415. The van der Waals surface area contributed by atoms with E-state index in [0.717, 1.165) is 11.0 Å². The summed E-state index contributed by atoms with van der Waals surface area (Å²) in [5, 5.41) is 1.28. The van der Waals surface area contributed by atoms with Crippen LogP contribution in [0, 0.1) is 6.92 Å². The fourth-order valence-electron chi connectivity index (χ4n) is 3.44. The zero-order chi connectivity index (χ0) is 19.0. The number of hydrogen-bond acceptors (Lipinski definition) is 3. The standard InChI is InChI=1S/C23H21NO3/c1-15-4-6-16(7-5-15)14-24-21-10-8-17(26-2)12-19(21)23(25)20-13-18(27-3)9-11-22(20)24/h4-13H,14H2,1-3H3. The van der Waals surface area contributed by atoms with E-state index < -0.39 is 0 Å². The van der Waals surface area contributed by atoms with Crippen LogP contribution in [0.3, 0.4) is 0 Å². The summed E-state index contributed by atoms with van der Waals surface area (Å²) in [6.07, 6.45) is 0. The number of nitrogens with zero attached hydrogens (tertiary/aromatic N) is 1. The van der Waals surface area contributed by atoms with Gasteiger partial charge in [0.2, 0.25) is 0 Å². The molecule has 1 heterocycles. The van der Waals surface area contributed by atoms with Gasteiger partial charge in [0.05, 0.1) is 25.3 Å². The molecule has 0 unspecified atom stereocenters. The van der Waals surface area contributed by atoms with Gasteiger partial charge in [0, 0.05) is 17.3 Å². The third-order valence-corrected chi connectivity index (χ3v) is 4.94. The van der Waals surface area contributed by atoms with Crippen molar-refractivity contribution in [2.75, 3.05) is 14.2 Å². The molecule has 1 aromatic heterocycles. The molecule has 0 aliphatic rings. The summed E-state index contributed by atoms with van der Waals surface area (Å²) in [4.78, 5) is 13.1. The molecule has 0 spiro atoms. The lowest BCUT2D eigenvalue weighted by Gasteiger charge is -2.16. The molecule has 0 saturated carbocycles. The van der Waals surface area contributed by atoms with Crippen molar-refractivity contribution in [1.29, 1.82) is 0 Å². The molecule has 4 aromatic rings. The lowest BCUT2D eigenvalue weighted by Crippen LogP contribution is -2.12. The van der Waals surface area contributed by atoms with Crippen LogP contribution in [0.4, 0.5) is 0 Å². The molecule has 0 atom stereocenters. The SMILES string of the molecule is COc1ccc2c(c1)c(=O)c1cc(OC)ccc1n2Cc1ccc(C)cc1. The van der Waals surface area contributed by atoms with E-state index >= 15 is 0 Å². The topological polar surface area (TPSA) is 40.5 Å². The number of fused-ring (bicyclic) bond motifs is 2. The second-order valence-electron chi connectivity index (χ2n) is 6.67. The Bertz CT molecular complexity index is 1120. The number of hydrogen-bond donors (Lipinski definition) is 0. The van der Waals surface area contributed by atoms with E-state index in [4.69, 9.17) is 9.47 Å². The molecule has 27 heavy (non-hydrogen) atoms. The van der Waals surface area contributed by atoms with Crippen molar-refractivity contribution in [1.82, 2.24) is 4.57 Å². The molecule has 0 N–H and O–H groups in total. The number of methoxy groups -OCH3 is 2. The van der Waals surface area contributed by atoms with Gasteiger partial charge in [0.15, 0.2) is 5.43 Å². The maximum Gasteiger partial charge on any atom is 0.197 e. The van der Waals surface area contributed by atoms with Crippen molar-refractivity contribution in [2.45, 2.75) is 13.5 Å². The number of pyridine rings is 1. The van der Waals surface area contributed by atoms with Crippen LogP contribution in [0.1, 0.15) is 11.1 Å². The fourth-order valence-corrected chi connectivity index (χ4v) is 3.44. The van der Waals surface area contributed by atoms with Crippen LogP contribution in [-0.4, -0.2) is 18.8 Å². The first-order valence-corrected chi connectivity index (χ1v) is 8.84. The first kappa shape index (κ1) is 17.2. The van der Waals surface area contributed by atoms with Crippen LogP contribution < -0.4 is 14.9 Å². The minimum atomic E-state index is -0.0158. The Morgan fingerprint density at radius 1 is 0.778 bits per heavy atom. The Morgan fingerprint density at radius 2 is 1.30 bits per heavy atom. The van der Waals surface area contributed by atoms with Crippen LogP contribution in [0.5, 0.6) is 11.5 Å². The fraction of sp³-hybridized carbons (Fsp3) is 0.174. The molecule has 3 aromatic carbocycles. The van der Waals surface area contributed by atoms with Crippen molar-refractivity contribution in [3.05, 3.63) is 82.0 Å². The maximum atomic E-state index is 13.1. The summed E-state index contributed by atoms with van der Waals surface area (Å²) < 4.78 is 12.8. The normalized spacial score (nSPS) is 11.1. The van der Waals surface area contributed by atoms with Gasteiger partial charge in [-0.1, -0.05) is 29.8 Å². The molecule has 4 rings (SSSR count). The van der Waals surface area contributed by atoms with Gasteiger partial charge in [-0.25, -0.2) is 0 Å². The van der Waals surface area contributed by atoms with Gasteiger partial charge >= 0.3 is 0 Å². The lowest BCUT2D eigenvalue weighted by atomic mass is 10.1. The molecule has 0 aliphatic carbocycles. The molecule has 136 valence electrons. The zero-order valence-corrected chi connectivity index (χ0v) is 15.7. The summed E-state index contributed by atoms with van der Waals surface area (Å²) in [5.41, 5.74) is 4.16. The van der Waals surface area contributed by atoms with Crippen molar-refractivity contribution in [3.8, 4) is 11.5 Å². The van der Waals surface area contributed by atoms with Crippen LogP contribution in [0.25, 0.3) is 21.8 Å². The average molecular weight is 359 g/mol. The highest BCUT2D eigenvalue weighted by Crippen LogP contribution is 2.26. The molecule has 4 heteroatoms. The van der Waals surface area contributed by atoms with Gasteiger partial charge in [-0.3, -0.25) is 4.79 Å². The number of aromatic nitrogens is 1. The molecule has 0 fully saturated rings. The first-order valence-electron chi connectivity index (χ1n) is 8.84. The smallest absolute Gasteiger partial charge is 0.197 e. The quantitative estimate of drug-likeness (QED) is 0.503. The number of benzene rings is 3. The highest BCUT2D eigenvalue weighted by Gasteiger charge is 2.13. The van der Waals surface area contributed by atoms with E-state index in [1.54, 1.807) is 14.2 Å². The summed E-state index contributed by atoms with van der Waals surface area (Å²) in [6.45, 7) is 2.75. The molecule has 0 bridgehead atoms. The van der Waals surface area contributed by atoms with Gasteiger partial charge in [0.25, 0.3) is 0 Å². The molecule has 4 nitrogen and oxygen atoms in total. The maximum absolute atomic E-state index is 13.1. The number of ether oxygens (including phenoxy) is 2. The van der Waals surface area contributed by atoms with Crippen molar-refractivity contribution < 1.29 is 9.47 Å². The van der Waals surface area contributed by atoms with Gasteiger partial charge in [-0.05, 0) is 48.9 Å². The molecule has 0 aliphatic heterocycles. The van der Waals surface area contributed by atoms with Gasteiger partial charge in [-0.2, -0.15) is 0 Å². The summed E-state index contributed by atoms with van der Waals surface area (Å²) in [5.74, 6) is 1.34.